The van der Waals surface area contributed by atoms with E-state index < -0.39 is 0 Å². The van der Waals surface area contributed by atoms with Crippen molar-refractivity contribution >= 4 is 44.4 Å². The highest BCUT2D eigenvalue weighted by Gasteiger charge is 2.21. The Hall–Kier alpha value is -5.10. The van der Waals surface area contributed by atoms with Gasteiger partial charge in [0.15, 0.2) is 0 Å². The van der Waals surface area contributed by atoms with Crippen molar-refractivity contribution in [3.8, 4) is 24.3 Å². The summed E-state index contributed by atoms with van der Waals surface area (Å²) < 4.78 is 0. The van der Waals surface area contributed by atoms with Gasteiger partial charge in [-0.3, -0.25) is 0 Å². The predicted molar refractivity (Wildman–Crippen MR) is 150 cm³/mol. The molecule has 0 atom stereocenters. The van der Waals surface area contributed by atoms with Crippen LogP contribution in [0.25, 0.3) is 21.2 Å². The molecule has 0 heterocycles. The molecule has 0 saturated heterocycles. The van der Waals surface area contributed by atoms with Crippen LogP contribution in [-0.4, -0.2) is 0 Å². The lowest BCUT2D eigenvalue weighted by molar-refractivity contribution is 1.46. The molecule has 0 saturated carbocycles. The number of rotatable bonds is 5. The monoisotopic (exact) mass is 526 g/mol. The Balaban J connectivity index is 2.08. The highest BCUT2D eigenvalue weighted by atomic mass is 35.5. The number of nitriles is 4. The van der Waals surface area contributed by atoms with Crippen LogP contribution in [0.5, 0.6) is 0 Å². The fourth-order valence-corrected chi connectivity index (χ4v) is 4.51. The standard InChI is InChI=1S/C32H16Cl2N4/c33-31(27-13-5-23(19-37)6-14-27)29(25-9-1-21(17-35)2-10-25)30(26-11-3-22(18-36)4-12-26)32(34)28-15-7-24(20-38)8-16-28/h1-16H/b31-29+,32-30+. The van der Waals surface area contributed by atoms with Crippen LogP contribution in [-0.2, 0) is 0 Å². The lowest BCUT2D eigenvalue weighted by atomic mass is 9.88. The summed E-state index contributed by atoms with van der Waals surface area (Å²) in [5, 5.41) is 37.9. The Morgan fingerprint density at radius 1 is 0.368 bits per heavy atom. The van der Waals surface area contributed by atoms with Crippen LogP contribution in [0.15, 0.2) is 97.1 Å². The molecular weight excluding hydrogens is 511 g/mol. The normalized spacial score (nSPS) is 11.6. The minimum absolute atomic E-state index is 0.380. The van der Waals surface area contributed by atoms with Gasteiger partial charge in [-0.05, 0) is 70.8 Å². The number of hydrogen-bond acceptors (Lipinski definition) is 4. The SMILES string of the molecule is N#Cc1ccc(/C(Cl)=C(\C(=C(\Cl)c2ccc(C#N)cc2)c2ccc(C#N)cc2)c2ccc(C#N)cc2)cc1. The first-order chi connectivity index (χ1) is 18.5. The quantitative estimate of drug-likeness (QED) is 0.194. The number of halogens is 2. The van der Waals surface area contributed by atoms with Crippen LogP contribution < -0.4 is 0 Å². The molecule has 6 heteroatoms. The Labute approximate surface area is 230 Å². The van der Waals surface area contributed by atoms with Crippen LogP contribution in [0.2, 0.25) is 0 Å². The number of hydrogen-bond donors (Lipinski definition) is 0. The third-order valence-electron chi connectivity index (χ3n) is 5.83. The lowest BCUT2D eigenvalue weighted by Crippen LogP contribution is -1.97. The van der Waals surface area contributed by atoms with Gasteiger partial charge in [0.05, 0.1) is 56.6 Å². The van der Waals surface area contributed by atoms with Crippen LogP contribution >= 0.6 is 23.2 Å². The molecule has 4 aromatic carbocycles. The largest absolute Gasteiger partial charge is 0.192 e. The topological polar surface area (TPSA) is 95.2 Å². The molecule has 0 aromatic heterocycles. The smallest absolute Gasteiger partial charge is 0.0991 e. The van der Waals surface area contributed by atoms with E-state index in [2.05, 4.69) is 24.3 Å². The van der Waals surface area contributed by atoms with Crippen molar-refractivity contribution in [1.82, 2.24) is 0 Å². The van der Waals surface area contributed by atoms with E-state index in [4.69, 9.17) is 23.2 Å². The van der Waals surface area contributed by atoms with Gasteiger partial charge in [-0.15, -0.1) is 0 Å². The third kappa shape index (κ3) is 5.50. The van der Waals surface area contributed by atoms with E-state index in [1.54, 1.807) is 97.1 Å². The molecule has 0 bridgehead atoms. The molecule has 38 heavy (non-hydrogen) atoms. The van der Waals surface area contributed by atoms with Crippen LogP contribution in [0.1, 0.15) is 44.5 Å². The van der Waals surface area contributed by atoms with E-state index in [1.165, 1.54) is 0 Å². The Morgan fingerprint density at radius 3 is 0.789 bits per heavy atom. The average Bonchev–Trinajstić information content (AvgIpc) is 2.99. The van der Waals surface area contributed by atoms with Crippen molar-refractivity contribution in [2.45, 2.75) is 0 Å². The van der Waals surface area contributed by atoms with E-state index in [1.807, 2.05) is 0 Å². The maximum Gasteiger partial charge on any atom is 0.0991 e. The van der Waals surface area contributed by atoms with Crippen LogP contribution in [0.3, 0.4) is 0 Å². The summed E-state index contributed by atoms with van der Waals surface area (Å²) in [4.78, 5) is 0. The summed E-state index contributed by atoms with van der Waals surface area (Å²) in [6.45, 7) is 0. The number of allylic oxidation sites excluding steroid dienone is 2. The highest BCUT2D eigenvalue weighted by Crippen LogP contribution is 2.44. The van der Waals surface area contributed by atoms with Crippen molar-refractivity contribution in [3.05, 3.63) is 142 Å². The zero-order chi connectivity index (χ0) is 27.1. The second kappa shape index (κ2) is 11.8. The zero-order valence-electron chi connectivity index (χ0n) is 19.8. The first-order valence-electron chi connectivity index (χ1n) is 11.3. The van der Waals surface area contributed by atoms with Gasteiger partial charge >= 0.3 is 0 Å². The summed E-state index contributed by atoms with van der Waals surface area (Å²) in [6, 6.07) is 36.2. The molecule has 4 nitrogen and oxygen atoms in total. The van der Waals surface area contributed by atoms with Gasteiger partial charge in [-0.1, -0.05) is 71.7 Å². The van der Waals surface area contributed by atoms with E-state index in [-0.39, 0.29) is 0 Å². The molecule has 178 valence electrons. The predicted octanol–water partition coefficient (Wildman–Crippen LogP) is 8.09. The molecule has 0 aliphatic rings. The summed E-state index contributed by atoms with van der Waals surface area (Å²) in [6.07, 6.45) is 0. The van der Waals surface area contributed by atoms with Crippen molar-refractivity contribution in [3.63, 3.8) is 0 Å². The maximum atomic E-state index is 9.33. The molecule has 0 N–H and O–H groups in total. The van der Waals surface area contributed by atoms with E-state index in [0.29, 0.717) is 65.7 Å². The summed E-state index contributed by atoms with van der Waals surface area (Å²) >= 11 is 14.2. The van der Waals surface area contributed by atoms with Crippen molar-refractivity contribution in [2.24, 2.45) is 0 Å². The lowest BCUT2D eigenvalue weighted by Gasteiger charge is -2.19. The van der Waals surface area contributed by atoms with Gasteiger partial charge in [0.1, 0.15) is 0 Å². The number of benzene rings is 4. The van der Waals surface area contributed by atoms with Crippen molar-refractivity contribution in [2.75, 3.05) is 0 Å². The number of nitrogens with zero attached hydrogens (tertiary/aromatic N) is 4. The third-order valence-corrected chi connectivity index (χ3v) is 6.64. The highest BCUT2D eigenvalue weighted by molar-refractivity contribution is 6.60. The van der Waals surface area contributed by atoms with E-state index in [0.717, 1.165) is 0 Å². The second-order valence-electron chi connectivity index (χ2n) is 8.13. The summed E-state index contributed by atoms with van der Waals surface area (Å²) in [7, 11) is 0. The van der Waals surface area contributed by atoms with Crippen LogP contribution in [0, 0.1) is 45.3 Å². The summed E-state index contributed by atoms with van der Waals surface area (Å²) in [5.41, 5.74) is 5.93. The molecular formula is C32H16Cl2N4. The van der Waals surface area contributed by atoms with Crippen LogP contribution in [0.4, 0.5) is 0 Å². The van der Waals surface area contributed by atoms with Gasteiger partial charge in [0.2, 0.25) is 0 Å². The first kappa shape index (κ1) is 26.0. The molecule has 0 fully saturated rings. The maximum absolute atomic E-state index is 9.33. The van der Waals surface area contributed by atoms with Gasteiger partial charge in [0.25, 0.3) is 0 Å². The Kier molecular flexibility index (Phi) is 8.04. The van der Waals surface area contributed by atoms with E-state index in [9.17, 15) is 21.0 Å². The molecule has 0 aliphatic carbocycles. The molecule has 0 spiro atoms. The molecule has 0 amide bonds. The molecule has 4 rings (SSSR count). The summed E-state index contributed by atoms with van der Waals surface area (Å²) in [5.74, 6) is 0. The minimum atomic E-state index is 0.380. The van der Waals surface area contributed by atoms with Gasteiger partial charge in [0, 0.05) is 11.1 Å². The zero-order valence-corrected chi connectivity index (χ0v) is 21.3. The molecule has 0 radical (unpaired) electrons. The first-order valence-corrected chi connectivity index (χ1v) is 12.1. The fraction of sp³-hybridized carbons (Fsp3) is 0. The molecule has 0 aliphatic heterocycles. The van der Waals surface area contributed by atoms with Crippen molar-refractivity contribution in [1.29, 1.82) is 21.0 Å². The van der Waals surface area contributed by atoms with Gasteiger partial charge in [-0.2, -0.15) is 21.0 Å². The Bertz CT molecular complexity index is 1590. The Morgan fingerprint density at radius 2 is 0.579 bits per heavy atom. The molecule has 0 unspecified atom stereocenters. The average molecular weight is 527 g/mol. The molecule has 4 aromatic rings. The minimum Gasteiger partial charge on any atom is -0.192 e. The van der Waals surface area contributed by atoms with Gasteiger partial charge in [-0.25, -0.2) is 0 Å². The van der Waals surface area contributed by atoms with Gasteiger partial charge < -0.3 is 0 Å². The van der Waals surface area contributed by atoms with Crippen molar-refractivity contribution < 1.29 is 0 Å². The second-order valence-corrected chi connectivity index (χ2v) is 8.89. The fourth-order valence-electron chi connectivity index (χ4n) is 3.86. The van der Waals surface area contributed by atoms with E-state index >= 15 is 0 Å².